The first-order valence-corrected chi connectivity index (χ1v) is 7.36. The maximum absolute atomic E-state index is 11.6. The summed E-state index contributed by atoms with van der Waals surface area (Å²) >= 11 is 0. The average molecular weight is 260 g/mol. The van der Waals surface area contributed by atoms with Gasteiger partial charge < -0.3 is 10.6 Å². The van der Waals surface area contributed by atoms with Crippen LogP contribution in [0.5, 0.6) is 0 Å². The molecular formula is C16H24N2O. The van der Waals surface area contributed by atoms with E-state index in [4.69, 9.17) is 0 Å². The standard InChI is InChI=1S/C16H24N2O/c1-3-4-5-12(2)17-14-8-10-15(11-9-14)18-16(19)13-6-7-13/h8-13,17H,3-7H2,1-2H3,(H,18,19). The summed E-state index contributed by atoms with van der Waals surface area (Å²) in [5, 5.41) is 6.43. The molecule has 0 saturated heterocycles. The van der Waals surface area contributed by atoms with E-state index in [1.54, 1.807) is 0 Å². The van der Waals surface area contributed by atoms with Crippen LogP contribution in [0.3, 0.4) is 0 Å². The van der Waals surface area contributed by atoms with Gasteiger partial charge in [-0.2, -0.15) is 0 Å². The molecule has 0 bridgehead atoms. The van der Waals surface area contributed by atoms with Crippen molar-refractivity contribution in [2.75, 3.05) is 10.6 Å². The second-order valence-electron chi connectivity index (χ2n) is 5.53. The molecule has 1 aromatic carbocycles. The lowest BCUT2D eigenvalue weighted by Gasteiger charge is -2.15. The minimum atomic E-state index is 0.164. The summed E-state index contributed by atoms with van der Waals surface area (Å²) in [6.45, 7) is 4.42. The summed E-state index contributed by atoms with van der Waals surface area (Å²) in [6.07, 6.45) is 5.76. The molecular weight excluding hydrogens is 236 g/mol. The van der Waals surface area contributed by atoms with E-state index in [0.717, 1.165) is 24.2 Å². The van der Waals surface area contributed by atoms with Gasteiger partial charge in [0.05, 0.1) is 0 Å². The first-order chi connectivity index (χ1) is 9.19. The van der Waals surface area contributed by atoms with Gasteiger partial charge in [0.15, 0.2) is 0 Å². The zero-order valence-corrected chi connectivity index (χ0v) is 11.9. The fourth-order valence-electron chi connectivity index (χ4n) is 2.11. The Morgan fingerprint density at radius 1 is 1.26 bits per heavy atom. The fourth-order valence-corrected chi connectivity index (χ4v) is 2.11. The van der Waals surface area contributed by atoms with E-state index >= 15 is 0 Å². The number of hydrogen-bond acceptors (Lipinski definition) is 2. The first kappa shape index (κ1) is 13.9. The zero-order valence-electron chi connectivity index (χ0n) is 11.9. The maximum atomic E-state index is 11.6. The lowest BCUT2D eigenvalue weighted by Crippen LogP contribution is -2.15. The van der Waals surface area contributed by atoms with E-state index in [1.807, 2.05) is 24.3 Å². The summed E-state index contributed by atoms with van der Waals surface area (Å²) < 4.78 is 0. The average Bonchev–Trinajstić information content (AvgIpc) is 3.23. The molecule has 1 amide bonds. The van der Waals surface area contributed by atoms with E-state index in [1.165, 1.54) is 19.3 Å². The highest BCUT2D eigenvalue weighted by atomic mass is 16.2. The van der Waals surface area contributed by atoms with Gasteiger partial charge in [-0.1, -0.05) is 19.8 Å². The van der Waals surface area contributed by atoms with Crippen LogP contribution in [-0.2, 0) is 4.79 Å². The molecule has 0 spiro atoms. The summed E-state index contributed by atoms with van der Waals surface area (Å²) in [4.78, 5) is 11.6. The topological polar surface area (TPSA) is 41.1 Å². The van der Waals surface area contributed by atoms with E-state index in [9.17, 15) is 4.79 Å². The van der Waals surface area contributed by atoms with Crippen molar-refractivity contribution in [1.82, 2.24) is 0 Å². The highest BCUT2D eigenvalue weighted by Crippen LogP contribution is 2.30. The molecule has 1 atom stereocenters. The van der Waals surface area contributed by atoms with E-state index in [0.29, 0.717) is 6.04 Å². The number of carbonyl (C=O) groups excluding carboxylic acids is 1. The van der Waals surface area contributed by atoms with E-state index in [2.05, 4.69) is 24.5 Å². The van der Waals surface area contributed by atoms with Gasteiger partial charge in [-0.15, -0.1) is 0 Å². The molecule has 0 aliphatic heterocycles. The quantitative estimate of drug-likeness (QED) is 0.777. The largest absolute Gasteiger partial charge is 0.383 e. The number of amides is 1. The molecule has 1 aromatic rings. The molecule has 3 heteroatoms. The smallest absolute Gasteiger partial charge is 0.227 e. The maximum Gasteiger partial charge on any atom is 0.227 e. The molecule has 19 heavy (non-hydrogen) atoms. The number of nitrogens with one attached hydrogen (secondary N) is 2. The second kappa shape index (κ2) is 6.60. The summed E-state index contributed by atoms with van der Waals surface area (Å²) in [7, 11) is 0. The van der Waals surface area contributed by atoms with Crippen molar-refractivity contribution in [3.63, 3.8) is 0 Å². The number of hydrogen-bond donors (Lipinski definition) is 2. The number of anilines is 2. The van der Waals surface area contributed by atoms with Crippen LogP contribution in [0, 0.1) is 5.92 Å². The Morgan fingerprint density at radius 2 is 1.89 bits per heavy atom. The molecule has 1 saturated carbocycles. The number of carbonyl (C=O) groups is 1. The Balaban J connectivity index is 1.81. The third kappa shape index (κ3) is 4.58. The minimum Gasteiger partial charge on any atom is -0.383 e. The Kier molecular flexibility index (Phi) is 4.83. The number of rotatable bonds is 7. The van der Waals surface area contributed by atoms with Gasteiger partial charge in [0, 0.05) is 23.3 Å². The molecule has 1 fully saturated rings. The first-order valence-electron chi connectivity index (χ1n) is 7.36. The molecule has 1 unspecified atom stereocenters. The molecule has 2 N–H and O–H groups in total. The van der Waals surface area contributed by atoms with Gasteiger partial charge in [0.25, 0.3) is 0 Å². The van der Waals surface area contributed by atoms with Crippen LogP contribution in [0.1, 0.15) is 46.0 Å². The third-order valence-electron chi connectivity index (χ3n) is 3.50. The number of benzene rings is 1. The van der Waals surface area contributed by atoms with Crippen LogP contribution in [0.15, 0.2) is 24.3 Å². The highest BCUT2D eigenvalue weighted by Gasteiger charge is 2.29. The molecule has 0 aromatic heterocycles. The van der Waals surface area contributed by atoms with Gasteiger partial charge >= 0.3 is 0 Å². The van der Waals surface area contributed by atoms with Crippen LogP contribution in [0.2, 0.25) is 0 Å². The molecule has 0 radical (unpaired) electrons. The SMILES string of the molecule is CCCCC(C)Nc1ccc(NC(=O)C2CC2)cc1. The molecule has 104 valence electrons. The van der Waals surface area contributed by atoms with Crippen LogP contribution in [0.4, 0.5) is 11.4 Å². The molecule has 1 aliphatic rings. The Bertz CT molecular complexity index is 409. The van der Waals surface area contributed by atoms with Crippen molar-refractivity contribution in [3.8, 4) is 0 Å². The minimum absolute atomic E-state index is 0.164. The monoisotopic (exact) mass is 260 g/mol. The molecule has 3 nitrogen and oxygen atoms in total. The van der Waals surface area contributed by atoms with Gasteiger partial charge in [0.2, 0.25) is 5.91 Å². The summed E-state index contributed by atoms with van der Waals surface area (Å²) in [5.41, 5.74) is 2.01. The zero-order chi connectivity index (χ0) is 13.7. The van der Waals surface area contributed by atoms with Crippen molar-refractivity contribution in [2.45, 2.75) is 52.0 Å². The predicted octanol–water partition coefficient (Wildman–Crippen LogP) is 4.03. The van der Waals surface area contributed by atoms with Crippen LogP contribution >= 0.6 is 0 Å². The fraction of sp³-hybridized carbons (Fsp3) is 0.562. The van der Waals surface area contributed by atoms with Crippen LogP contribution < -0.4 is 10.6 Å². The van der Waals surface area contributed by atoms with Gasteiger partial charge in [-0.05, 0) is 50.5 Å². The Labute approximate surface area is 115 Å². The van der Waals surface area contributed by atoms with E-state index < -0.39 is 0 Å². The Morgan fingerprint density at radius 3 is 2.47 bits per heavy atom. The molecule has 0 heterocycles. The normalized spacial score (nSPS) is 15.9. The third-order valence-corrected chi connectivity index (χ3v) is 3.50. The van der Waals surface area contributed by atoms with Crippen molar-refractivity contribution in [2.24, 2.45) is 5.92 Å². The van der Waals surface area contributed by atoms with Crippen molar-refractivity contribution in [1.29, 1.82) is 0 Å². The molecule has 1 aliphatic carbocycles. The van der Waals surface area contributed by atoms with Gasteiger partial charge in [-0.3, -0.25) is 4.79 Å². The number of unbranched alkanes of at least 4 members (excludes halogenated alkanes) is 1. The lowest BCUT2D eigenvalue weighted by molar-refractivity contribution is -0.117. The van der Waals surface area contributed by atoms with E-state index in [-0.39, 0.29) is 11.8 Å². The van der Waals surface area contributed by atoms with Crippen LogP contribution in [0.25, 0.3) is 0 Å². The molecule has 2 rings (SSSR count). The summed E-state index contributed by atoms with van der Waals surface area (Å²) in [5.74, 6) is 0.420. The highest BCUT2D eigenvalue weighted by molar-refractivity contribution is 5.94. The van der Waals surface area contributed by atoms with Crippen LogP contribution in [-0.4, -0.2) is 11.9 Å². The van der Waals surface area contributed by atoms with Gasteiger partial charge in [-0.25, -0.2) is 0 Å². The van der Waals surface area contributed by atoms with Crippen molar-refractivity contribution < 1.29 is 4.79 Å². The predicted molar refractivity (Wildman–Crippen MR) is 80.4 cm³/mol. The summed E-state index contributed by atoms with van der Waals surface area (Å²) in [6, 6.07) is 8.49. The Hall–Kier alpha value is -1.51. The second-order valence-corrected chi connectivity index (χ2v) is 5.53. The lowest BCUT2D eigenvalue weighted by atomic mass is 10.1. The van der Waals surface area contributed by atoms with Gasteiger partial charge in [0.1, 0.15) is 0 Å². The van der Waals surface area contributed by atoms with Crippen molar-refractivity contribution in [3.05, 3.63) is 24.3 Å². The van der Waals surface area contributed by atoms with Crippen molar-refractivity contribution >= 4 is 17.3 Å².